The van der Waals surface area contributed by atoms with E-state index in [9.17, 15) is 19.8 Å². The maximum absolute atomic E-state index is 9.73. The topological polar surface area (TPSA) is 80.3 Å². The monoisotopic (exact) mass is 128 g/mol. The lowest BCUT2D eigenvalue weighted by Crippen LogP contribution is -2.29. The third-order valence-electron chi connectivity index (χ3n) is 0.646. The Balaban J connectivity index is 3.79. The molecule has 0 aliphatic carbocycles. The fourth-order valence-electron chi connectivity index (χ4n) is 0.246. The van der Waals surface area contributed by atoms with Crippen LogP contribution in [0.1, 0.15) is 6.42 Å². The molecule has 0 spiro atoms. The minimum atomic E-state index is -1.56. The van der Waals surface area contributed by atoms with Gasteiger partial charge in [0.15, 0.2) is 0 Å². The maximum atomic E-state index is 9.73. The number of carbonyl (C=O) groups excluding carboxylic acids is 2. The predicted octanol–water partition coefficient (Wildman–Crippen LogP) is -2.57. The first-order chi connectivity index (χ1) is 4.04. The van der Waals surface area contributed by atoms with Crippen LogP contribution in [0.5, 0.6) is 0 Å². The van der Waals surface area contributed by atoms with Gasteiger partial charge in [-0.2, -0.15) is 0 Å². The van der Waals surface area contributed by atoms with Gasteiger partial charge in [-0.25, -0.2) is 0 Å². The highest BCUT2D eigenvalue weighted by molar-refractivity contribution is 5.89. The van der Waals surface area contributed by atoms with Gasteiger partial charge >= 0.3 is 0 Å². The molecule has 0 radical (unpaired) electrons. The van der Waals surface area contributed by atoms with E-state index in [1.54, 1.807) is 0 Å². The molecule has 4 nitrogen and oxygen atoms in total. The second-order valence-electron chi connectivity index (χ2n) is 1.44. The third kappa shape index (κ3) is 3.28. The van der Waals surface area contributed by atoms with Gasteiger partial charge < -0.3 is 19.8 Å². The molecule has 0 saturated heterocycles. The van der Waals surface area contributed by atoms with Gasteiger partial charge in [0.2, 0.25) is 0 Å². The van der Waals surface area contributed by atoms with Crippen LogP contribution in [0, 0.1) is 0 Å². The molecule has 9 heavy (non-hydrogen) atoms. The van der Waals surface area contributed by atoms with Gasteiger partial charge in [0.1, 0.15) is 0 Å². The molecule has 0 aromatic heterocycles. The lowest BCUT2D eigenvalue weighted by molar-refractivity contribution is -0.309. The van der Waals surface area contributed by atoms with Gasteiger partial charge in [-0.3, -0.25) is 0 Å². The van der Waals surface area contributed by atoms with Crippen molar-refractivity contribution < 1.29 is 19.8 Å². The normalized spacial score (nSPS) is 8.44. The molecule has 0 N–H and O–H groups in total. The van der Waals surface area contributed by atoms with Gasteiger partial charge in [-0.05, 0) is 5.57 Å². The van der Waals surface area contributed by atoms with Crippen molar-refractivity contribution in [2.24, 2.45) is 0 Å². The molecule has 0 aromatic carbocycles. The van der Waals surface area contributed by atoms with Crippen molar-refractivity contribution >= 4 is 11.9 Å². The van der Waals surface area contributed by atoms with E-state index in [0.717, 1.165) is 0 Å². The Bertz CT molecular complexity index is 158. The molecule has 0 aromatic rings. The molecule has 4 heteroatoms. The highest BCUT2D eigenvalue weighted by Gasteiger charge is 1.92. The average Bonchev–Trinajstić information content (AvgIpc) is 1.63. The van der Waals surface area contributed by atoms with Gasteiger partial charge in [0.25, 0.3) is 0 Å². The number of carbonyl (C=O) groups is 2. The minimum Gasteiger partial charge on any atom is -0.550 e. The zero-order valence-corrected chi connectivity index (χ0v) is 4.55. The molecule has 0 amide bonds. The van der Waals surface area contributed by atoms with Crippen LogP contribution in [0.3, 0.4) is 0 Å². The van der Waals surface area contributed by atoms with Crippen molar-refractivity contribution in [2.45, 2.75) is 6.42 Å². The SMILES string of the molecule is C=C(CC(=O)[O-])C(=O)[O-]. The summed E-state index contributed by atoms with van der Waals surface area (Å²) in [6, 6.07) is 0. The molecule has 50 valence electrons. The molecule has 0 rings (SSSR count). The largest absolute Gasteiger partial charge is 0.550 e. The number of rotatable bonds is 3. The van der Waals surface area contributed by atoms with Crippen molar-refractivity contribution in [1.82, 2.24) is 0 Å². The second-order valence-corrected chi connectivity index (χ2v) is 1.44. The van der Waals surface area contributed by atoms with Crippen molar-refractivity contribution in [3.8, 4) is 0 Å². The summed E-state index contributed by atoms with van der Waals surface area (Å²) in [4.78, 5) is 19.4. The van der Waals surface area contributed by atoms with Gasteiger partial charge in [0, 0.05) is 12.4 Å². The van der Waals surface area contributed by atoms with E-state index in [-0.39, 0.29) is 0 Å². The Morgan fingerprint density at radius 1 is 1.33 bits per heavy atom. The van der Waals surface area contributed by atoms with E-state index >= 15 is 0 Å². The van der Waals surface area contributed by atoms with E-state index in [1.807, 2.05) is 0 Å². The fourth-order valence-corrected chi connectivity index (χ4v) is 0.246. The third-order valence-corrected chi connectivity index (χ3v) is 0.646. The van der Waals surface area contributed by atoms with Crippen LogP contribution in [0.15, 0.2) is 12.2 Å². The van der Waals surface area contributed by atoms with E-state index in [2.05, 4.69) is 6.58 Å². The Hall–Kier alpha value is -1.32. The zero-order chi connectivity index (χ0) is 7.44. The van der Waals surface area contributed by atoms with Gasteiger partial charge in [0.05, 0.1) is 5.97 Å². The Morgan fingerprint density at radius 2 is 1.78 bits per heavy atom. The van der Waals surface area contributed by atoms with Crippen LogP contribution in [-0.2, 0) is 9.59 Å². The number of hydrogen-bond acceptors (Lipinski definition) is 4. The fraction of sp³-hybridized carbons (Fsp3) is 0.200. The zero-order valence-electron chi connectivity index (χ0n) is 4.55. The first kappa shape index (κ1) is 7.68. The van der Waals surface area contributed by atoms with Crippen molar-refractivity contribution in [3.05, 3.63) is 12.2 Å². The number of aliphatic carboxylic acids is 2. The summed E-state index contributed by atoms with van der Waals surface area (Å²) in [5, 5.41) is 19.4. The average molecular weight is 128 g/mol. The first-order valence-corrected chi connectivity index (χ1v) is 2.13. The molecule has 0 heterocycles. The van der Waals surface area contributed by atoms with Gasteiger partial charge in [-0.15, -0.1) is 0 Å². The summed E-state index contributed by atoms with van der Waals surface area (Å²) < 4.78 is 0. The molecule has 0 fully saturated rings. The number of carboxylic acid groups (broad SMARTS) is 2. The summed E-state index contributed by atoms with van der Waals surface area (Å²) in [5.74, 6) is -3.02. The Morgan fingerprint density at radius 3 is 1.89 bits per heavy atom. The number of hydrogen-bond donors (Lipinski definition) is 0. The molecule has 0 saturated carbocycles. The highest BCUT2D eigenvalue weighted by Crippen LogP contribution is 1.92. The van der Waals surface area contributed by atoms with E-state index in [0.29, 0.717) is 0 Å². The smallest absolute Gasteiger partial charge is 0.0672 e. The van der Waals surface area contributed by atoms with Crippen LogP contribution in [0.2, 0.25) is 0 Å². The van der Waals surface area contributed by atoms with Crippen LogP contribution in [0.25, 0.3) is 0 Å². The van der Waals surface area contributed by atoms with E-state index in [1.165, 1.54) is 0 Å². The molecular weight excluding hydrogens is 124 g/mol. The summed E-state index contributed by atoms with van der Waals surface area (Å²) in [6.45, 7) is 2.91. The van der Waals surface area contributed by atoms with Gasteiger partial charge in [-0.1, -0.05) is 6.58 Å². The quantitative estimate of drug-likeness (QED) is 0.391. The van der Waals surface area contributed by atoms with Crippen molar-refractivity contribution in [1.29, 1.82) is 0 Å². The molecule has 0 atom stereocenters. The second kappa shape index (κ2) is 2.86. The minimum absolute atomic E-state index is 0.477. The summed E-state index contributed by atoms with van der Waals surface area (Å²) >= 11 is 0. The number of carboxylic acids is 2. The van der Waals surface area contributed by atoms with Crippen LogP contribution in [0.4, 0.5) is 0 Å². The maximum Gasteiger partial charge on any atom is 0.0672 e. The lowest BCUT2D eigenvalue weighted by atomic mass is 10.2. The standard InChI is InChI=1S/C5H6O4/c1-3(5(8)9)2-4(6)7/h1-2H2,(H,6,7)(H,8,9)/p-2. The summed E-state index contributed by atoms with van der Waals surface area (Å²) in [7, 11) is 0. The molecule has 0 unspecified atom stereocenters. The van der Waals surface area contributed by atoms with Crippen LogP contribution >= 0.6 is 0 Å². The van der Waals surface area contributed by atoms with Crippen molar-refractivity contribution in [3.63, 3.8) is 0 Å². The Kier molecular flexibility index (Phi) is 2.44. The lowest BCUT2D eigenvalue weighted by Gasteiger charge is -2.05. The molecular formula is C5H4O4-2. The predicted molar refractivity (Wildman–Crippen MR) is 23.8 cm³/mol. The molecule has 0 bridgehead atoms. The summed E-state index contributed by atoms with van der Waals surface area (Å²) in [5.41, 5.74) is -0.477. The van der Waals surface area contributed by atoms with Crippen LogP contribution in [-0.4, -0.2) is 11.9 Å². The van der Waals surface area contributed by atoms with Crippen LogP contribution < -0.4 is 10.2 Å². The first-order valence-electron chi connectivity index (χ1n) is 2.13. The van der Waals surface area contributed by atoms with E-state index < -0.39 is 23.9 Å². The van der Waals surface area contributed by atoms with E-state index in [4.69, 9.17) is 0 Å². The Labute approximate surface area is 51.4 Å². The molecule has 0 aliphatic heterocycles. The summed E-state index contributed by atoms with van der Waals surface area (Å²) in [6.07, 6.45) is -0.678. The van der Waals surface area contributed by atoms with Crippen molar-refractivity contribution in [2.75, 3.05) is 0 Å². The molecule has 0 aliphatic rings. The highest BCUT2D eigenvalue weighted by atomic mass is 16.4.